The lowest BCUT2D eigenvalue weighted by atomic mass is 9.83. The summed E-state index contributed by atoms with van der Waals surface area (Å²) in [5.41, 5.74) is 2.99. The molecule has 2 aliphatic rings. The highest BCUT2D eigenvalue weighted by molar-refractivity contribution is 5.75. The summed E-state index contributed by atoms with van der Waals surface area (Å²) in [4.78, 5) is 25.3. The number of nitro groups is 1. The molecule has 0 saturated carbocycles. The van der Waals surface area contributed by atoms with Crippen LogP contribution in [0.15, 0.2) is 60.7 Å². The van der Waals surface area contributed by atoms with E-state index in [2.05, 4.69) is 6.08 Å². The fourth-order valence-electron chi connectivity index (χ4n) is 4.14. The van der Waals surface area contributed by atoms with Crippen LogP contribution in [0.3, 0.4) is 0 Å². The molecule has 4 rings (SSSR count). The first-order valence-electron chi connectivity index (χ1n) is 9.56. The Bertz CT molecular complexity index is 910. The average Bonchev–Trinajstić information content (AvgIpc) is 2.72. The molecule has 6 nitrogen and oxygen atoms in total. The summed E-state index contributed by atoms with van der Waals surface area (Å²) < 4.78 is 5.56. The summed E-state index contributed by atoms with van der Waals surface area (Å²) >= 11 is 0. The zero-order valence-corrected chi connectivity index (χ0v) is 15.5. The molecule has 28 heavy (non-hydrogen) atoms. The molecular weight excluding hydrogens is 356 g/mol. The van der Waals surface area contributed by atoms with Crippen LogP contribution in [0.25, 0.3) is 5.57 Å². The summed E-state index contributed by atoms with van der Waals surface area (Å²) in [6, 6.07) is 16.4. The molecule has 0 spiro atoms. The quantitative estimate of drug-likeness (QED) is 0.558. The summed E-state index contributed by atoms with van der Waals surface area (Å²) in [5.74, 6) is 0. The Labute approximate surface area is 163 Å². The van der Waals surface area contributed by atoms with E-state index in [1.54, 1.807) is 12.1 Å². The highest BCUT2D eigenvalue weighted by atomic mass is 16.6. The van der Waals surface area contributed by atoms with Crippen molar-refractivity contribution in [2.24, 2.45) is 0 Å². The van der Waals surface area contributed by atoms with Gasteiger partial charge >= 0.3 is 6.09 Å². The van der Waals surface area contributed by atoms with Gasteiger partial charge in [-0.25, -0.2) is 4.79 Å². The minimum absolute atomic E-state index is 0.0231. The van der Waals surface area contributed by atoms with Crippen LogP contribution in [0.4, 0.5) is 10.5 Å². The number of nitrogens with zero attached hydrogens (tertiary/aromatic N) is 2. The Kier molecular flexibility index (Phi) is 5.10. The van der Waals surface area contributed by atoms with E-state index in [4.69, 9.17) is 4.74 Å². The number of non-ortho nitro benzene ring substituents is 1. The Balaban J connectivity index is 1.52. The van der Waals surface area contributed by atoms with Crippen molar-refractivity contribution in [3.63, 3.8) is 0 Å². The van der Waals surface area contributed by atoms with Crippen molar-refractivity contribution in [3.05, 3.63) is 81.9 Å². The van der Waals surface area contributed by atoms with Gasteiger partial charge in [-0.05, 0) is 42.4 Å². The first kappa shape index (κ1) is 18.2. The Morgan fingerprint density at radius 3 is 2.71 bits per heavy atom. The van der Waals surface area contributed by atoms with Gasteiger partial charge in [-0.15, -0.1) is 0 Å². The van der Waals surface area contributed by atoms with Gasteiger partial charge in [0, 0.05) is 18.2 Å². The lowest BCUT2D eigenvalue weighted by molar-refractivity contribution is -0.384. The van der Waals surface area contributed by atoms with Crippen molar-refractivity contribution >= 4 is 17.4 Å². The van der Waals surface area contributed by atoms with Crippen LogP contribution in [-0.4, -0.2) is 28.0 Å². The van der Waals surface area contributed by atoms with E-state index in [1.165, 1.54) is 6.07 Å². The van der Waals surface area contributed by atoms with E-state index in [1.807, 2.05) is 41.3 Å². The molecule has 0 aliphatic carbocycles. The van der Waals surface area contributed by atoms with Gasteiger partial charge in [0.1, 0.15) is 6.61 Å². The third kappa shape index (κ3) is 3.76. The minimum Gasteiger partial charge on any atom is -0.445 e. The SMILES string of the molecule is O=C(OCc1ccccc1)N1C2C=C(c3cccc([N+](=O)[O-])c3)CC1CCC2. The van der Waals surface area contributed by atoms with Crippen molar-refractivity contribution in [1.29, 1.82) is 0 Å². The average molecular weight is 378 g/mol. The molecular formula is C22H22N2O4. The summed E-state index contributed by atoms with van der Waals surface area (Å²) in [6.07, 6.45) is 5.36. The maximum Gasteiger partial charge on any atom is 0.410 e. The number of carbonyl (C=O) groups is 1. The Morgan fingerprint density at radius 2 is 1.96 bits per heavy atom. The van der Waals surface area contributed by atoms with Gasteiger partial charge in [-0.1, -0.05) is 48.5 Å². The molecule has 144 valence electrons. The molecule has 2 unspecified atom stereocenters. The number of hydrogen-bond donors (Lipinski definition) is 0. The molecule has 2 heterocycles. The molecule has 0 N–H and O–H groups in total. The molecule has 1 saturated heterocycles. The Morgan fingerprint density at radius 1 is 1.14 bits per heavy atom. The first-order valence-corrected chi connectivity index (χ1v) is 9.56. The maximum absolute atomic E-state index is 12.8. The smallest absolute Gasteiger partial charge is 0.410 e. The van der Waals surface area contributed by atoms with E-state index in [0.717, 1.165) is 36.0 Å². The van der Waals surface area contributed by atoms with Crippen LogP contribution in [0, 0.1) is 10.1 Å². The van der Waals surface area contributed by atoms with Crippen LogP contribution in [0.2, 0.25) is 0 Å². The molecule has 6 heteroatoms. The highest BCUT2D eigenvalue weighted by Crippen LogP contribution is 2.38. The van der Waals surface area contributed by atoms with E-state index in [9.17, 15) is 14.9 Å². The number of ether oxygens (including phenoxy) is 1. The second-order valence-electron chi connectivity index (χ2n) is 7.30. The van der Waals surface area contributed by atoms with Gasteiger partial charge in [-0.2, -0.15) is 0 Å². The van der Waals surface area contributed by atoms with Crippen LogP contribution in [-0.2, 0) is 11.3 Å². The van der Waals surface area contributed by atoms with Crippen LogP contribution >= 0.6 is 0 Å². The van der Waals surface area contributed by atoms with Gasteiger partial charge < -0.3 is 4.74 Å². The molecule has 2 aliphatic heterocycles. The molecule has 2 atom stereocenters. The second-order valence-corrected chi connectivity index (χ2v) is 7.30. The summed E-state index contributed by atoms with van der Waals surface area (Å²) in [7, 11) is 0. The van der Waals surface area contributed by atoms with Crippen LogP contribution in [0.1, 0.15) is 36.8 Å². The lowest BCUT2D eigenvalue weighted by Crippen LogP contribution is -2.51. The van der Waals surface area contributed by atoms with E-state index >= 15 is 0 Å². The standard InChI is InChI=1S/C22H22N2O4/c25-22(28-15-16-6-2-1-3-7-16)23-19-9-5-10-20(23)14-18(13-19)17-8-4-11-21(12-17)24(26)27/h1-4,6-8,11-13,19-20H,5,9-10,14-15H2. The van der Waals surface area contributed by atoms with Crippen molar-refractivity contribution in [1.82, 2.24) is 4.90 Å². The van der Waals surface area contributed by atoms with E-state index < -0.39 is 0 Å². The number of rotatable bonds is 4. The molecule has 0 aromatic heterocycles. The minimum atomic E-state index is -0.374. The topological polar surface area (TPSA) is 72.7 Å². The number of nitro benzene ring substituents is 1. The fourth-order valence-corrected chi connectivity index (χ4v) is 4.14. The van der Waals surface area contributed by atoms with Crippen LogP contribution < -0.4 is 0 Å². The van der Waals surface area contributed by atoms with Gasteiger partial charge in [0.25, 0.3) is 5.69 Å². The molecule has 2 aromatic rings. The third-order valence-corrected chi connectivity index (χ3v) is 5.48. The third-order valence-electron chi connectivity index (χ3n) is 5.48. The monoisotopic (exact) mass is 378 g/mol. The van der Waals surface area contributed by atoms with Crippen molar-refractivity contribution in [2.45, 2.75) is 44.4 Å². The van der Waals surface area contributed by atoms with E-state index in [-0.39, 0.29) is 35.4 Å². The lowest BCUT2D eigenvalue weighted by Gasteiger charge is -2.44. The van der Waals surface area contributed by atoms with Crippen molar-refractivity contribution < 1.29 is 14.5 Å². The molecule has 2 aromatic carbocycles. The van der Waals surface area contributed by atoms with Gasteiger partial charge in [0.15, 0.2) is 0 Å². The number of amides is 1. The molecule has 2 bridgehead atoms. The highest BCUT2D eigenvalue weighted by Gasteiger charge is 2.38. The predicted molar refractivity (Wildman–Crippen MR) is 106 cm³/mol. The maximum atomic E-state index is 12.8. The van der Waals surface area contributed by atoms with E-state index in [0.29, 0.717) is 6.42 Å². The summed E-state index contributed by atoms with van der Waals surface area (Å²) in [6.45, 7) is 0.261. The van der Waals surface area contributed by atoms with Crippen molar-refractivity contribution in [3.8, 4) is 0 Å². The van der Waals surface area contributed by atoms with Crippen LogP contribution in [0.5, 0.6) is 0 Å². The van der Waals surface area contributed by atoms with Gasteiger partial charge in [-0.3, -0.25) is 15.0 Å². The molecule has 0 radical (unpaired) electrons. The first-order chi connectivity index (χ1) is 13.6. The number of piperidine rings is 1. The molecule has 1 fully saturated rings. The predicted octanol–water partition coefficient (Wildman–Crippen LogP) is 4.94. The number of carbonyl (C=O) groups excluding carboxylic acids is 1. The van der Waals surface area contributed by atoms with Gasteiger partial charge in [0.05, 0.1) is 11.0 Å². The fraction of sp³-hybridized carbons (Fsp3) is 0.318. The second kappa shape index (κ2) is 7.84. The summed E-state index contributed by atoms with van der Waals surface area (Å²) in [5, 5.41) is 11.1. The largest absolute Gasteiger partial charge is 0.445 e. The molecule has 1 amide bonds. The zero-order chi connectivity index (χ0) is 19.5. The Hall–Kier alpha value is -3.15. The number of fused-ring (bicyclic) bond motifs is 2. The number of benzene rings is 2. The zero-order valence-electron chi connectivity index (χ0n) is 15.5. The van der Waals surface area contributed by atoms with Crippen molar-refractivity contribution in [2.75, 3.05) is 0 Å². The normalized spacial score (nSPS) is 21.0. The number of hydrogen-bond acceptors (Lipinski definition) is 4. The van der Waals surface area contributed by atoms with Gasteiger partial charge in [0.2, 0.25) is 0 Å².